The maximum Gasteiger partial charge on any atom is 0.260 e. The summed E-state index contributed by atoms with van der Waals surface area (Å²) in [7, 11) is 0. The second kappa shape index (κ2) is 10.9. The lowest BCUT2D eigenvalue weighted by Crippen LogP contribution is -2.12. The summed E-state index contributed by atoms with van der Waals surface area (Å²) in [5.41, 5.74) is 5.30. The predicted molar refractivity (Wildman–Crippen MR) is 151 cm³/mol. The number of halogens is 1. The van der Waals surface area contributed by atoms with Gasteiger partial charge in [0.15, 0.2) is 5.13 Å². The van der Waals surface area contributed by atoms with E-state index in [-0.39, 0.29) is 17.1 Å². The molecule has 5 rings (SSSR count). The highest BCUT2D eigenvalue weighted by atomic mass is 35.5. The molecule has 0 aliphatic carbocycles. The first-order chi connectivity index (χ1) is 18.0. The SMILES string of the molecule is Cc1cccc(-c2nc(NC(=O)c3cccnc3Cl)sc2-c2ccnc(NC(C)c3ccccc3)c2)c1. The maximum absolute atomic E-state index is 12.9. The Morgan fingerprint density at radius 2 is 1.76 bits per heavy atom. The number of carbonyl (C=O) groups excluding carboxylic acids is 1. The number of hydrogen-bond donors (Lipinski definition) is 2. The fraction of sp³-hybridized carbons (Fsp3) is 0.103. The summed E-state index contributed by atoms with van der Waals surface area (Å²) in [6, 6.07) is 25.7. The van der Waals surface area contributed by atoms with E-state index in [1.165, 1.54) is 16.9 Å². The van der Waals surface area contributed by atoms with Crippen LogP contribution < -0.4 is 10.6 Å². The Labute approximate surface area is 224 Å². The van der Waals surface area contributed by atoms with Crippen LogP contribution in [0.3, 0.4) is 0 Å². The van der Waals surface area contributed by atoms with Crippen LogP contribution in [0.1, 0.15) is 34.5 Å². The summed E-state index contributed by atoms with van der Waals surface area (Å²) < 4.78 is 0. The van der Waals surface area contributed by atoms with Crippen molar-refractivity contribution in [2.45, 2.75) is 19.9 Å². The Morgan fingerprint density at radius 1 is 0.919 bits per heavy atom. The van der Waals surface area contributed by atoms with Gasteiger partial charge in [-0.25, -0.2) is 15.0 Å². The minimum Gasteiger partial charge on any atom is -0.364 e. The lowest BCUT2D eigenvalue weighted by atomic mass is 10.1. The summed E-state index contributed by atoms with van der Waals surface area (Å²) in [6.45, 7) is 4.15. The molecule has 37 heavy (non-hydrogen) atoms. The molecule has 0 saturated heterocycles. The molecule has 0 spiro atoms. The molecule has 0 radical (unpaired) electrons. The third kappa shape index (κ3) is 5.69. The van der Waals surface area contributed by atoms with Crippen molar-refractivity contribution >= 4 is 39.8 Å². The zero-order valence-electron chi connectivity index (χ0n) is 20.3. The first-order valence-electron chi connectivity index (χ1n) is 11.8. The van der Waals surface area contributed by atoms with Gasteiger partial charge >= 0.3 is 0 Å². The highest BCUT2D eigenvalue weighted by molar-refractivity contribution is 7.19. The summed E-state index contributed by atoms with van der Waals surface area (Å²) in [5, 5.41) is 7.00. The van der Waals surface area contributed by atoms with Gasteiger partial charge in [-0.1, -0.05) is 77.0 Å². The minimum atomic E-state index is -0.358. The quantitative estimate of drug-likeness (QED) is 0.213. The number of pyridine rings is 2. The molecule has 0 saturated carbocycles. The molecule has 0 aliphatic heterocycles. The standard InChI is InChI=1S/C29H24ClN5OS/c1-18-8-6-11-21(16-18)25-26(37-29(34-25)35-28(36)23-12-7-14-32-27(23)30)22-13-15-31-24(17-22)33-19(2)20-9-4-3-5-10-20/h3-17,19H,1-2H3,(H,31,33)(H,34,35,36). The molecule has 184 valence electrons. The Hall–Kier alpha value is -4.07. The number of carbonyl (C=O) groups is 1. The van der Waals surface area contributed by atoms with Gasteiger partial charge < -0.3 is 5.32 Å². The molecular weight excluding hydrogens is 502 g/mol. The second-order valence-corrected chi connectivity index (χ2v) is 9.93. The molecule has 6 nitrogen and oxygen atoms in total. The van der Waals surface area contributed by atoms with E-state index in [4.69, 9.17) is 16.6 Å². The van der Waals surface area contributed by atoms with Crippen LogP contribution in [-0.2, 0) is 0 Å². The largest absolute Gasteiger partial charge is 0.364 e. The number of aromatic nitrogens is 3. The van der Waals surface area contributed by atoms with Crippen LogP contribution in [-0.4, -0.2) is 20.9 Å². The molecule has 0 fully saturated rings. The van der Waals surface area contributed by atoms with Gasteiger partial charge in [0.25, 0.3) is 5.91 Å². The van der Waals surface area contributed by atoms with Crippen LogP contribution in [0.2, 0.25) is 5.15 Å². The van der Waals surface area contributed by atoms with E-state index in [0.717, 1.165) is 33.1 Å². The number of anilines is 2. The molecule has 8 heteroatoms. The normalized spacial score (nSPS) is 11.6. The number of amides is 1. The minimum absolute atomic E-state index is 0.0840. The van der Waals surface area contributed by atoms with E-state index in [1.54, 1.807) is 24.5 Å². The number of thiazole rings is 1. The van der Waals surface area contributed by atoms with E-state index in [9.17, 15) is 4.79 Å². The number of aryl methyl sites for hydroxylation is 1. The smallest absolute Gasteiger partial charge is 0.260 e. The van der Waals surface area contributed by atoms with E-state index < -0.39 is 0 Å². The van der Waals surface area contributed by atoms with Gasteiger partial charge in [-0.2, -0.15) is 0 Å². The van der Waals surface area contributed by atoms with E-state index >= 15 is 0 Å². The van der Waals surface area contributed by atoms with Crippen LogP contribution in [0.25, 0.3) is 21.7 Å². The zero-order chi connectivity index (χ0) is 25.8. The van der Waals surface area contributed by atoms with Crippen molar-refractivity contribution in [2.75, 3.05) is 10.6 Å². The molecule has 2 aromatic carbocycles. The molecule has 0 bridgehead atoms. The summed E-state index contributed by atoms with van der Waals surface area (Å²) in [5.74, 6) is 0.396. The number of nitrogens with one attached hydrogen (secondary N) is 2. The third-order valence-electron chi connectivity index (χ3n) is 5.83. The Bertz CT molecular complexity index is 1550. The predicted octanol–water partition coefficient (Wildman–Crippen LogP) is 7.65. The third-order valence-corrected chi connectivity index (χ3v) is 7.15. The van der Waals surface area contributed by atoms with Crippen LogP contribution in [0.4, 0.5) is 10.9 Å². The van der Waals surface area contributed by atoms with E-state index in [1.807, 2.05) is 55.5 Å². The van der Waals surface area contributed by atoms with E-state index in [2.05, 4.69) is 45.7 Å². The van der Waals surface area contributed by atoms with Crippen molar-refractivity contribution in [3.8, 4) is 21.7 Å². The fourth-order valence-corrected chi connectivity index (χ4v) is 5.16. The molecule has 1 amide bonds. The van der Waals surface area contributed by atoms with Crippen LogP contribution in [0, 0.1) is 6.92 Å². The van der Waals surface area contributed by atoms with Crippen molar-refractivity contribution in [2.24, 2.45) is 0 Å². The molecular formula is C29H24ClN5OS. The first-order valence-corrected chi connectivity index (χ1v) is 12.9. The average Bonchev–Trinajstić information content (AvgIpc) is 3.33. The van der Waals surface area contributed by atoms with Crippen molar-refractivity contribution in [3.63, 3.8) is 0 Å². The van der Waals surface area contributed by atoms with Gasteiger partial charge in [0.1, 0.15) is 11.0 Å². The Balaban J connectivity index is 1.50. The van der Waals surface area contributed by atoms with Crippen molar-refractivity contribution in [1.82, 2.24) is 15.0 Å². The van der Waals surface area contributed by atoms with Crippen LogP contribution in [0.5, 0.6) is 0 Å². The van der Waals surface area contributed by atoms with E-state index in [0.29, 0.717) is 10.7 Å². The average molecular weight is 526 g/mol. The summed E-state index contributed by atoms with van der Waals surface area (Å²) in [4.78, 5) is 27.2. The number of benzene rings is 2. The number of nitrogens with zero attached hydrogens (tertiary/aromatic N) is 3. The highest BCUT2D eigenvalue weighted by Crippen LogP contribution is 2.40. The van der Waals surface area contributed by atoms with Crippen molar-refractivity contribution < 1.29 is 4.79 Å². The molecule has 0 aliphatic rings. The number of hydrogen-bond acceptors (Lipinski definition) is 6. The molecule has 5 aromatic rings. The van der Waals surface area contributed by atoms with Gasteiger partial charge in [-0.05, 0) is 55.3 Å². The van der Waals surface area contributed by atoms with Gasteiger partial charge in [0, 0.05) is 24.0 Å². The lowest BCUT2D eigenvalue weighted by Gasteiger charge is -2.15. The molecule has 1 unspecified atom stereocenters. The van der Waals surface area contributed by atoms with Crippen molar-refractivity contribution in [3.05, 3.63) is 113 Å². The monoisotopic (exact) mass is 525 g/mol. The summed E-state index contributed by atoms with van der Waals surface area (Å²) >= 11 is 7.54. The molecule has 3 aromatic heterocycles. The topological polar surface area (TPSA) is 79.8 Å². The van der Waals surface area contributed by atoms with Gasteiger partial charge in [-0.3, -0.25) is 10.1 Å². The molecule has 1 atom stereocenters. The number of rotatable bonds is 7. The summed E-state index contributed by atoms with van der Waals surface area (Å²) in [6.07, 6.45) is 3.33. The van der Waals surface area contributed by atoms with Gasteiger partial charge in [-0.15, -0.1) is 0 Å². The Morgan fingerprint density at radius 3 is 2.54 bits per heavy atom. The fourth-order valence-electron chi connectivity index (χ4n) is 3.97. The zero-order valence-corrected chi connectivity index (χ0v) is 21.8. The highest BCUT2D eigenvalue weighted by Gasteiger charge is 2.19. The second-order valence-electron chi connectivity index (χ2n) is 8.57. The van der Waals surface area contributed by atoms with Gasteiger partial charge in [0.2, 0.25) is 0 Å². The Kier molecular flexibility index (Phi) is 7.25. The van der Waals surface area contributed by atoms with Crippen molar-refractivity contribution in [1.29, 1.82) is 0 Å². The maximum atomic E-state index is 12.9. The molecule has 3 heterocycles. The first kappa shape index (κ1) is 24.6. The van der Waals surface area contributed by atoms with Gasteiger partial charge in [0.05, 0.1) is 16.1 Å². The molecule has 2 N–H and O–H groups in total. The van der Waals surface area contributed by atoms with Crippen LogP contribution in [0.15, 0.2) is 91.3 Å². The lowest BCUT2D eigenvalue weighted by molar-refractivity contribution is 0.102. The van der Waals surface area contributed by atoms with Crippen LogP contribution >= 0.6 is 22.9 Å².